The van der Waals surface area contributed by atoms with Gasteiger partial charge >= 0.3 is 0 Å². The van der Waals surface area contributed by atoms with Crippen LogP contribution < -0.4 is 11.1 Å². The fourth-order valence-corrected chi connectivity index (χ4v) is 2.44. The average molecular weight is 297 g/mol. The van der Waals surface area contributed by atoms with Crippen molar-refractivity contribution in [3.63, 3.8) is 0 Å². The summed E-state index contributed by atoms with van der Waals surface area (Å²) in [6.07, 6.45) is 0. The highest BCUT2D eigenvalue weighted by atomic mass is 32.1. The Kier molecular flexibility index (Phi) is 4.19. The molecule has 0 fully saturated rings. The number of nitrogens with two attached hydrogens (primary N) is 1. The minimum atomic E-state index is -1.45. The Labute approximate surface area is 118 Å². The van der Waals surface area contributed by atoms with Gasteiger partial charge in [-0.1, -0.05) is 11.3 Å². The number of carbonyl (C=O) groups excluding carboxylic acids is 1. The number of benzene rings is 1. The molecule has 0 saturated heterocycles. The summed E-state index contributed by atoms with van der Waals surface area (Å²) in [5.41, 5.74) is 5.18. The minimum Gasteiger partial charge on any atom is -0.394 e. The number of carbonyl (C=O) groups is 1. The van der Waals surface area contributed by atoms with Crippen LogP contribution in [0.15, 0.2) is 18.2 Å². The molecule has 2 rings (SSSR count). The van der Waals surface area contributed by atoms with Crippen LogP contribution in [0.3, 0.4) is 0 Å². The van der Waals surface area contributed by atoms with E-state index in [0.717, 1.165) is 4.70 Å². The number of anilines is 1. The Morgan fingerprint density at radius 2 is 1.95 bits per heavy atom. The molecule has 20 heavy (non-hydrogen) atoms. The van der Waals surface area contributed by atoms with Crippen molar-refractivity contribution in [2.75, 3.05) is 25.6 Å². The van der Waals surface area contributed by atoms with Crippen LogP contribution in [0.25, 0.3) is 10.2 Å². The Balaban J connectivity index is 2.26. The maximum Gasteiger partial charge on any atom is 0.252 e. The number of nitrogen functional groups attached to an aromatic ring is 1. The van der Waals surface area contributed by atoms with Crippen molar-refractivity contribution in [2.45, 2.75) is 5.54 Å². The smallest absolute Gasteiger partial charge is 0.252 e. The predicted molar refractivity (Wildman–Crippen MR) is 75.5 cm³/mol. The van der Waals surface area contributed by atoms with Crippen molar-refractivity contribution in [1.29, 1.82) is 0 Å². The standard InChI is InChI=1S/C12H15N3O4S/c13-11-14-8-2-1-7(3-9(8)20-11)10(19)15-12(4-16,5-17)6-18/h1-3,16-18H,4-6H2,(H2,13,14)(H,15,19). The molecule has 8 heteroatoms. The summed E-state index contributed by atoms with van der Waals surface area (Å²) in [6.45, 7) is -1.70. The van der Waals surface area contributed by atoms with Gasteiger partial charge in [0, 0.05) is 5.56 Å². The average Bonchev–Trinajstić information content (AvgIpc) is 2.83. The van der Waals surface area contributed by atoms with Gasteiger partial charge in [-0.3, -0.25) is 4.79 Å². The number of aliphatic hydroxyl groups excluding tert-OH is 3. The predicted octanol–water partition coefficient (Wildman–Crippen LogP) is -0.676. The number of amides is 1. The second kappa shape index (κ2) is 5.71. The molecule has 0 aliphatic rings. The SMILES string of the molecule is Nc1nc2ccc(C(=O)NC(CO)(CO)CO)cc2s1. The lowest BCUT2D eigenvalue weighted by Gasteiger charge is -2.28. The molecule has 0 radical (unpaired) electrons. The van der Waals surface area contributed by atoms with Crippen LogP contribution in [0.4, 0.5) is 5.13 Å². The van der Waals surface area contributed by atoms with Gasteiger partial charge in [0.2, 0.25) is 0 Å². The van der Waals surface area contributed by atoms with Gasteiger partial charge in [-0.05, 0) is 18.2 Å². The van der Waals surface area contributed by atoms with Crippen LogP contribution in [0.1, 0.15) is 10.4 Å². The second-order valence-electron chi connectivity index (χ2n) is 4.44. The summed E-state index contributed by atoms with van der Waals surface area (Å²) in [7, 11) is 0. The normalized spacial score (nSPS) is 11.8. The highest BCUT2D eigenvalue weighted by molar-refractivity contribution is 7.22. The first-order valence-corrected chi connectivity index (χ1v) is 6.66. The first kappa shape index (κ1) is 14.7. The van der Waals surface area contributed by atoms with E-state index in [9.17, 15) is 20.1 Å². The zero-order chi connectivity index (χ0) is 14.8. The van der Waals surface area contributed by atoms with Gasteiger partial charge in [-0.15, -0.1) is 0 Å². The summed E-state index contributed by atoms with van der Waals surface area (Å²) in [4.78, 5) is 16.2. The summed E-state index contributed by atoms with van der Waals surface area (Å²) in [5.74, 6) is -0.504. The number of nitrogens with zero attached hydrogens (tertiary/aromatic N) is 1. The van der Waals surface area contributed by atoms with Crippen molar-refractivity contribution in [2.24, 2.45) is 0 Å². The number of thiazole rings is 1. The summed E-state index contributed by atoms with van der Waals surface area (Å²) >= 11 is 1.26. The monoisotopic (exact) mass is 297 g/mol. The Hall–Kier alpha value is -1.74. The number of hydrogen-bond donors (Lipinski definition) is 5. The molecule has 0 spiro atoms. The fourth-order valence-electron chi connectivity index (χ4n) is 1.67. The van der Waals surface area contributed by atoms with Crippen LogP contribution >= 0.6 is 11.3 Å². The Bertz CT molecular complexity index is 616. The zero-order valence-corrected chi connectivity index (χ0v) is 11.4. The quantitative estimate of drug-likeness (QED) is 0.497. The van der Waals surface area contributed by atoms with Crippen molar-refractivity contribution >= 4 is 32.6 Å². The van der Waals surface area contributed by atoms with Crippen LogP contribution in [0, 0.1) is 0 Å². The third-order valence-electron chi connectivity index (χ3n) is 2.95. The van der Waals surface area contributed by atoms with Gasteiger partial charge < -0.3 is 26.4 Å². The van der Waals surface area contributed by atoms with E-state index in [4.69, 9.17) is 5.73 Å². The molecule has 1 aromatic carbocycles. The van der Waals surface area contributed by atoms with E-state index >= 15 is 0 Å². The van der Waals surface area contributed by atoms with E-state index in [1.54, 1.807) is 18.2 Å². The lowest BCUT2D eigenvalue weighted by atomic mass is 10.0. The molecule has 0 aliphatic heterocycles. The summed E-state index contributed by atoms with van der Waals surface area (Å²) in [5, 5.41) is 30.4. The fraction of sp³-hybridized carbons (Fsp3) is 0.333. The Morgan fingerprint density at radius 1 is 1.30 bits per heavy atom. The zero-order valence-electron chi connectivity index (χ0n) is 10.5. The molecule has 0 atom stereocenters. The van der Waals surface area contributed by atoms with Crippen LogP contribution in [-0.2, 0) is 0 Å². The number of fused-ring (bicyclic) bond motifs is 1. The first-order chi connectivity index (χ1) is 9.53. The van der Waals surface area contributed by atoms with Crippen molar-refractivity contribution in [3.05, 3.63) is 23.8 Å². The molecule has 1 heterocycles. The number of aliphatic hydroxyl groups is 3. The molecule has 0 unspecified atom stereocenters. The van der Waals surface area contributed by atoms with E-state index in [-0.39, 0.29) is 0 Å². The highest BCUT2D eigenvalue weighted by Gasteiger charge is 2.30. The molecule has 108 valence electrons. The number of hydrogen-bond acceptors (Lipinski definition) is 7. The summed E-state index contributed by atoms with van der Waals surface area (Å²) in [6, 6.07) is 4.85. The van der Waals surface area contributed by atoms with E-state index in [1.807, 2.05) is 0 Å². The third kappa shape index (κ3) is 2.73. The lowest BCUT2D eigenvalue weighted by Crippen LogP contribution is -2.57. The van der Waals surface area contributed by atoms with Crippen molar-refractivity contribution in [1.82, 2.24) is 10.3 Å². The Morgan fingerprint density at radius 3 is 2.55 bits per heavy atom. The molecular formula is C12H15N3O4S. The lowest BCUT2D eigenvalue weighted by molar-refractivity contribution is 0.0375. The molecule has 0 bridgehead atoms. The number of rotatable bonds is 5. The topological polar surface area (TPSA) is 129 Å². The highest BCUT2D eigenvalue weighted by Crippen LogP contribution is 2.24. The molecule has 1 aromatic heterocycles. The van der Waals surface area contributed by atoms with Gasteiger partial charge in [0.1, 0.15) is 5.54 Å². The molecule has 0 saturated carbocycles. The largest absolute Gasteiger partial charge is 0.394 e. The van der Waals surface area contributed by atoms with Gasteiger partial charge in [-0.25, -0.2) is 4.98 Å². The maximum absolute atomic E-state index is 12.1. The van der Waals surface area contributed by atoms with Crippen LogP contribution in [-0.4, -0.2) is 51.6 Å². The molecule has 1 amide bonds. The molecule has 7 nitrogen and oxygen atoms in total. The van der Waals surface area contributed by atoms with Gasteiger partial charge in [-0.2, -0.15) is 0 Å². The van der Waals surface area contributed by atoms with Gasteiger partial charge in [0.15, 0.2) is 5.13 Å². The third-order valence-corrected chi connectivity index (χ3v) is 3.80. The van der Waals surface area contributed by atoms with E-state index in [0.29, 0.717) is 16.2 Å². The number of nitrogens with one attached hydrogen (secondary N) is 1. The summed E-state index contributed by atoms with van der Waals surface area (Å²) < 4.78 is 0.762. The molecule has 2 aromatic rings. The van der Waals surface area contributed by atoms with E-state index in [1.165, 1.54) is 11.3 Å². The maximum atomic E-state index is 12.1. The van der Waals surface area contributed by atoms with E-state index < -0.39 is 31.3 Å². The second-order valence-corrected chi connectivity index (χ2v) is 5.51. The van der Waals surface area contributed by atoms with Gasteiger partial charge in [0.05, 0.1) is 30.0 Å². The molecular weight excluding hydrogens is 282 g/mol. The van der Waals surface area contributed by atoms with Crippen LogP contribution in [0.2, 0.25) is 0 Å². The van der Waals surface area contributed by atoms with Crippen molar-refractivity contribution < 1.29 is 20.1 Å². The minimum absolute atomic E-state index is 0.334. The van der Waals surface area contributed by atoms with Gasteiger partial charge in [0.25, 0.3) is 5.91 Å². The number of aromatic nitrogens is 1. The van der Waals surface area contributed by atoms with Crippen molar-refractivity contribution in [3.8, 4) is 0 Å². The van der Waals surface area contributed by atoms with E-state index in [2.05, 4.69) is 10.3 Å². The molecule has 0 aliphatic carbocycles. The van der Waals surface area contributed by atoms with Crippen LogP contribution in [0.5, 0.6) is 0 Å². The first-order valence-electron chi connectivity index (χ1n) is 5.85. The molecule has 6 N–H and O–H groups in total.